The van der Waals surface area contributed by atoms with Crippen LogP contribution in [0.1, 0.15) is 104 Å². The van der Waals surface area contributed by atoms with E-state index >= 15 is 0 Å². The summed E-state index contributed by atoms with van der Waals surface area (Å²) in [5, 5.41) is 10.8. The van der Waals surface area contributed by atoms with E-state index < -0.39 is 11.2 Å². The smallest absolute Gasteiger partial charge is 0.134 e. The van der Waals surface area contributed by atoms with Gasteiger partial charge in [0.15, 0.2) is 0 Å². The molecule has 2 nitrogen and oxygen atoms in total. The predicted molar refractivity (Wildman–Crippen MR) is 116 cm³/mol. The standard InChI is InChI=1S/C23H40O2S/c1-8-9-10-11-12-13-14-26(25)17-18-15-19(22(2,3)4)16-20(21(18)24)23(5,6)7/h15-16,24H,8-14,17H2,1-7H3. The summed E-state index contributed by atoms with van der Waals surface area (Å²) in [6.07, 6.45) is 7.25. The molecule has 1 N–H and O–H groups in total. The maximum atomic E-state index is 12.6. The number of rotatable bonds is 9. The van der Waals surface area contributed by atoms with Crippen LogP contribution < -0.4 is 0 Å². The molecule has 0 amide bonds. The number of phenolic OH excluding ortho intramolecular Hbond substituents is 1. The number of phenols is 1. The second-order valence-corrected chi connectivity index (χ2v) is 11.2. The van der Waals surface area contributed by atoms with E-state index in [0.717, 1.165) is 29.7 Å². The van der Waals surface area contributed by atoms with Gasteiger partial charge in [-0.05, 0) is 52.0 Å². The quantitative estimate of drug-likeness (QED) is 0.387. The van der Waals surface area contributed by atoms with Crippen LogP contribution in [0.4, 0.5) is 0 Å². The van der Waals surface area contributed by atoms with Crippen LogP contribution in [-0.4, -0.2) is 15.4 Å². The van der Waals surface area contributed by atoms with Gasteiger partial charge in [0.05, 0.1) is 0 Å². The van der Waals surface area contributed by atoms with Crippen molar-refractivity contribution >= 4 is 11.2 Å². The zero-order valence-electron chi connectivity index (χ0n) is 18.1. The molecule has 0 bridgehead atoms. The number of hydrogen-bond donors (Lipinski definition) is 1. The monoisotopic (exact) mass is 380 g/mol. The number of aromatic hydroxyl groups is 1. The first-order valence-electron chi connectivity index (χ1n) is 10.2. The summed E-state index contributed by atoms with van der Waals surface area (Å²) in [7, 11) is 0. The summed E-state index contributed by atoms with van der Waals surface area (Å²) in [6, 6.07) is 4.18. The summed E-state index contributed by atoms with van der Waals surface area (Å²) >= 11 is -0.919. The summed E-state index contributed by atoms with van der Waals surface area (Å²) in [6.45, 7) is 15.1. The first-order chi connectivity index (χ1) is 12.0. The molecular weight excluding hydrogens is 340 g/mol. The van der Waals surface area contributed by atoms with Gasteiger partial charge in [0.1, 0.15) is 17.3 Å². The largest absolute Gasteiger partial charge is 0.616 e. The van der Waals surface area contributed by atoms with E-state index in [-0.39, 0.29) is 10.8 Å². The highest BCUT2D eigenvalue weighted by Crippen LogP contribution is 2.38. The van der Waals surface area contributed by atoms with Crippen molar-refractivity contribution in [3.8, 4) is 5.75 Å². The van der Waals surface area contributed by atoms with E-state index in [1.807, 2.05) is 0 Å². The highest BCUT2D eigenvalue weighted by Gasteiger charge is 2.26. The van der Waals surface area contributed by atoms with E-state index in [4.69, 9.17) is 0 Å². The van der Waals surface area contributed by atoms with E-state index in [1.54, 1.807) is 0 Å². The van der Waals surface area contributed by atoms with Crippen LogP contribution in [0.5, 0.6) is 5.75 Å². The molecule has 0 radical (unpaired) electrons. The molecule has 3 heteroatoms. The summed E-state index contributed by atoms with van der Waals surface area (Å²) < 4.78 is 12.6. The molecule has 0 aliphatic heterocycles. The molecular formula is C23H40O2S. The van der Waals surface area contributed by atoms with Crippen molar-refractivity contribution in [2.45, 2.75) is 104 Å². The fraction of sp³-hybridized carbons (Fsp3) is 0.739. The Bertz CT molecular complexity index is 553. The van der Waals surface area contributed by atoms with Gasteiger partial charge in [-0.3, -0.25) is 0 Å². The molecule has 0 saturated heterocycles. The molecule has 0 saturated carbocycles. The Morgan fingerprint density at radius 2 is 1.46 bits per heavy atom. The molecule has 0 spiro atoms. The van der Waals surface area contributed by atoms with Gasteiger partial charge in [-0.1, -0.05) is 80.2 Å². The number of hydrogen-bond acceptors (Lipinski definition) is 2. The minimum Gasteiger partial charge on any atom is -0.616 e. The van der Waals surface area contributed by atoms with Crippen molar-refractivity contribution in [3.05, 3.63) is 28.8 Å². The second-order valence-electron chi connectivity index (χ2n) is 9.59. The van der Waals surface area contributed by atoms with Gasteiger partial charge in [0.25, 0.3) is 0 Å². The molecule has 0 aliphatic carbocycles. The van der Waals surface area contributed by atoms with Gasteiger partial charge in [-0.15, -0.1) is 0 Å². The fourth-order valence-electron chi connectivity index (χ4n) is 3.10. The van der Waals surface area contributed by atoms with Crippen LogP contribution in [0.2, 0.25) is 0 Å². The first kappa shape index (κ1) is 23.4. The second kappa shape index (κ2) is 10.0. The Morgan fingerprint density at radius 3 is 2.00 bits per heavy atom. The van der Waals surface area contributed by atoms with E-state index in [1.165, 1.54) is 31.2 Å². The lowest BCUT2D eigenvalue weighted by molar-refractivity contribution is 0.439. The van der Waals surface area contributed by atoms with Gasteiger partial charge in [-0.25, -0.2) is 0 Å². The average Bonchev–Trinajstić information content (AvgIpc) is 2.50. The molecule has 150 valence electrons. The third-order valence-electron chi connectivity index (χ3n) is 4.90. The van der Waals surface area contributed by atoms with Crippen molar-refractivity contribution in [2.24, 2.45) is 0 Å². The fourth-order valence-corrected chi connectivity index (χ4v) is 4.34. The average molecular weight is 381 g/mol. The molecule has 1 rings (SSSR count). The lowest BCUT2D eigenvalue weighted by Crippen LogP contribution is -2.19. The van der Waals surface area contributed by atoms with Gasteiger partial charge in [0.2, 0.25) is 0 Å². The molecule has 1 aromatic carbocycles. The van der Waals surface area contributed by atoms with Crippen molar-refractivity contribution in [2.75, 3.05) is 5.75 Å². The SMILES string of the molecule is CCCCCCCC[S+]([O-])Cc1cc(C(C)(C)C)cc(C(C)(C)C)c1O. The van der Waals surface area contributed by atoms with E-state index in [2.05, 4.69) is 60.6 Å². The van der Waals surface area contributed by atoms with Crippen LogP contribution in [0.15, 0.2) is 12.1 Å². The van der Waals surface area contributed by atoms with E-state index in [0.29, 0.717) is 11.5 Å². The Hall–Kier alpha value is -0.670. The molecule has 1 atom stereocenters. The summed E-state index contributed by atoms with van der Waals surface area (Å²) in [5.41, 5.74) is 2.86. The summed E-state index contributed by atoms with van der Waals surface area (Å²) in [4.78, 5) is 0. The molecule has 1 unspecified atom stereocenters. The van der Waals surface area contributed by atoms with Crippen molar-refractivity contribution in [3.63, 3.8) is 0 Å². The Balaban J connectivity index is 2.84. The van der Waals surface area contributed by atoms with Crippen molar-refractivity contribution < 1.29 is 9.66 Å². The van der Waals surface area contributed by atoms with Crippen molar-refractivity contribution in [1.82, 2.24) is 0 Å². The van der Waals surface area contributed by atoms with Crippen LogP contribution in [0, 0.1) is 0 Å². The lowest BCUT2D eigenvalue weighted by Gasteiger charge is -2.27. The van der Waals surface area contributed by atoms with Crippen LogP contribution in [-0.2, 0) is 27.8 Å². The molecule has 0 aliphatic rings. The first-order valence-corrected chi connectivity index (χ1v) is 11.7. The minimum absolute atomic E-state index is 0.00319. The Morgan fingerprint density at radius 1 is 0.885 bits per heavy atom. The lowest BCUT2D eigenvalue weighted by atomic mass is 9.79. The Kier molecular flexibility index (Phi) is 9.02. The van der Waals surface area contributed by atoms with Gasteiger partial charge in [-0.2, -0.15) is 0 Å². The molecule has 0 heterocycles. The van der Waals surface area contributed by atoms with Crippen molar-refractivity contribution in [1.29, 1.82) is 0 Å². The molecule has 0 fully saturated rings. The third kappa shape index (κ3) is 7.52. The van der Waals surface area contributed by atoms with Crippen LogP contribution in [0.3, 0.4) is 0 Å². The minimum atomic E-state index is -0.919. The highest BCUT2D eigenvalue weighted by atomic mass is 32.2. The van der Waals surface area contributed by atoms with Gasteiger partial charge >= 0.3 is 0 Å². The van der Waals surface area contributed by atoms with Gasteiger partial charge in [0, 0.05) is 5.56 Å². The molecule has 1 aromatic rings. The molecule has 0 aromatic heterocycles. The zero-order chi connectivity index (χ0) is 20.0. The maximum absolute atomic E-state index is 12.6. The number of unbranched alkanes of at least 4 members (excludes halogenated alkanes) is 5. The van der Waals surface area contributed by atoms with E-state index in [9.17, 15) is 9.66 Å². The van der Waals surface area contributed by atoms with Crippen LogP contribution >= 0.6 is 0 Å². The zero-order valence-corrected chi connectivity index (χ0v) is 18.9. The third-order valence-corrected chi connectivity index (χ3v) is 6.28. The highest BCUT2D eigenvalue weighted by molar-refractivity contribution is 7.90. The number of benzene rings is 1. The summed E-state index contributed by atoms with van der Waals surface area (Å²) in [5.74, 6) is 1.52. The molecule has 26 heavy (non-hydrogen) atoms. The normalized spacial score (nSPS) is 13.8. The van der Waals surface area contributed by atoms with Crippen LogP contribution in [0.25, 0.3) is 0 Å². The Labute approximate surface area is 165 Å². The maximum Gasteiger partial charge on any atom is 0.134 e. The topological polar surface area (TPSA) is 43.3 Å². The van der Waals surface area contributed by atoms with Gasteiger partial charge < -0.3 is 9.66 Å². The predicted octanol–water partition coefficient (Wildman–Crippen LogP) is 6.60.